The molecule has 28 heavy (non-hydrogen) atoms. The third-order valence-corrected chi connectivity index (χ3v) is 4.33. The molecule has 3 N–H and O–H groups in total. The second kappa shape index (κ2) is 7.96. The number of carbonyl (C=O) groups excluding carboxylic acids is 2. The largest absolute Gasteiger partial charge is 0.489 e. The Kier molecular flexibility index (Phi) is 5.44. The molecular formula is C21H22N4O3. The van der Waals surface area contributed by atoms with Gasteiger partial charge >= 0.3 is 0 Å². The molecule has 0 atom stereocenters. The summed E-state index contributed by atoms with van der Waals surface area (Å²) in [5.41, 5.74) is 9.30. The SMILES string of the molecule is Cc1ccc(OCc2cccc(C(=O)Nc3cnn(C)c3C(N)=O)c2)c(C)c1. The van der Waals surface area contributed by atoms with Crippen LogP contribution in [0.3, 0.4) is 0 Å². The predicted molar refractivity (Wildman–Crippen MR) is 106 cm³/mol. The first-order valence-electron chi connectivity index (χ1n) is 8.77. The number of carbonyl (C=O) groups is 2. The standard InChI is InChI=1S/C21H22N4O3/c1-13-7-8-18(14(2)9-13)28-12-15-5-4-6-16(10-15)21(27)24-17-11-23-25(3)19(17)20(22)26/h4-11H,12H2,1-3H3,(H2,22,26)(H,24,27). The van der Waals surface area contributed by atoms with Crippen LogP contribution in [0.15, 0.2) is 48.7 Å². The molecule has 2 amide bonds. The van der Waals surface area contributed by atoms with Gasteiger partial charge < -0.3 is 15.8 Å². The van der Waals surface area contributed by atoms with Crippen molar-refractivity contribution in [2.45, 2.75) is 20.5 Å². The Balaban J connectivity index is 1.72. The smallest absolute Gasteiger partial charge is 0.269 e. The third-order valence-electron chi connectivity index (χ3n) is 4.33. The van der Waals surface area contributed by atoms with Gasteiger partial charge in [-0.05, 0) is 43.2 Å². The minimum Gasteiger partial charge on any atom is -0.489 e. The molecular weight excluding hydrogens is 356 g/mol. The molecule has 2 aromatic carbocycles. The average molecular weight is 378 g/mol. The lowest BCUT2D eigenvalue weighted by atomic mass is 10.1. The van der Waals surface area contributed by atoms with E-state index in [1.54, 1.807) is 25.2 Å². The van der Waals surface area contributed by atoms with Crippen molar-refractivity contribution in [2.75, 3.05) is 5.32 Å². The van der Waals surface area contributed by atoms with E-state index in [9.17, 15) is 9.59 Å². The van der Waals surface area contributed by atoms with E-state index in [2.05, 4.69) is 16.5 Å². The van der Waals surface area contributed by atoms with Crippen LogP contribution < -0.4 is 15.8 Å². The number of aromatic nitrogens is 2. The lowest BCUT2D eigenvalue weighted by Crippen LogP contribution is -2.20. The molecule has 0 bridgehead atoms. The molecule has 0 radical (unpaired) electrons. The zero-order chi connectivity index (χ0) is 20.3. The van der Waals surface area contributed by atoms with Gasteiger partial charge in [-0.2, -0.15) is 5.10 Å². The molecule has 1 aromatic heterocycles. The number of aryl methyl sites for hydroxylation is 3. The van der Waals surface area contributed by atoms with Crippen LogP contribution in [0.2, 0.25) is 0 Å². The van der Waals surface area contributed by atoms with Crippen LogP contribution >= 0.6 is 0 Å². The molecule has 0 aliphatic rings. The number of primary amides is 1. The molecule has 0 aliphatic heterocycles. The molecule has 3 rings (SSSR count). The number of nitrogens with zero attached hydrogens (tertiary/aromatic N) is 2. The fourth-order valence-electron chi connectivity index (χ4n) is 2.94. The summed E-state index contributed by atoms with van der Waals surface area (Å²) in [6, 6.07) is 13.1. The van der Waals surface area contributed by atoms with Gasteiger partial charge in [0.25, 0.3) is 11.8 Å². The Bertz CT molecular complexity index is 1040. The maximum Gasteiger partial charge on any atom is 0.269 e. The van der Waals surface area contributed by atoms with E-state index >= 15 is 0 Å². The quantitative estimate of drug-likeness (QED) is 0.689. The van der Waals surface area contributed by atoms with Crippen LogP contribution in [0.4, 0.5) is 5.69 Å². The summed E-state index contributed by atoms with van der Waals surface area (Å²) in [7, 11) is 1.58. The van der Waals surface area contributed by atoms with Crippen molar-refractivity contribution < 1.29 is 14.3 Å². The highest BCUT2D eigenvalue weighted by Crippen LogP contribution is 2.21. The maximum atomic E-state index is 12.6. The topological polar surface area (TPSA) is 99.2 Å². The zero-order valence-electron chi connectivity index (χ0n) is 16.0. The highest BCUT2D eigenvalue weighted by Gasteiger charge is 2.17. The Morgan fingerprint density at radius 1 is 1.18 bits per heavy atom. The van der Waals surface area contributed by atoms with Crippen LogP contribution in [-0.2, 0) is 13.7 Å². The summed E-state index contributed by atoms with van der Waals surface area (Å²) < 4.78 is 7.20. The summed E-state index contributed by atoms with van der Waals surface area (Å²) in [5.74, 6) is -0.211. The fourth-order valence-corrected chi connectivity index (χ4v) is 2.94. The number of ether oxygens (including phenoxy) is 1. The van der Waals surface area contributed by atoms with E-state index in [1.807, 2.05) is 32.0 Å². The number of nitrogens with one attached hydrogen (secondary N) is 1. The van der Waals surface area contributed by atoms with Crippen molar-refractivity contribution in [3.63, 3.8) is 0 Å². The Morgan fingerprint density at radius 3 is 2.68 bits per heavy atom. The second-order valence-electron chi connectivity index (χ2n) is 6.61. The molecule has 0 saturated carbocycles. The monoisotopic (exact) mass is 378 g/mol. The van der Waals surface area contributed by atoms with E-state index in [-0.39, 0.29) is 17.3 Å². The lowest BCUT2D eigenvalue weighted by molar-refractivity contribution is 0.0992. The first kappa shape index (κ1) is 19.2. The van der Waals surface area contributed by atoms with Crippen molar-refractivity contribution in [2.24, 2.45) is 12.8 Å². The van der Waals surface area contributed by atoms with Crippen molar-refractivity contribution in [3.8, 4) is 5.75 Å². The first-order valence-corrected chi connectivity index (χ1v) is 8.77. The molecule has 144 valence electrons. The molecule has 7 heteroatoms. The van der Waals surface area contributed by atoms with Crippen LogP contribution in [0.5, 0.6) is 5.75 Å². The summed E-state index contributed by atoms with van der Waals surface area (Å²) in [4.78, 5) is 24.1. The molecule has 0 unspecified atom stereocenters. The number of amides is 2. The molecule has 7 nitrogen and oxygen atoms in total. The van der Waals surface area contributed by atoms with Gasteiger partial charge in [0, 0.05) is 12.6 Å². The van der Waals surface area contributed by atoms with Gasteiger partial charge in [0.15, 0.2) is 0 Å². The highest BCUT2D eigenvalue weighted by molar-refractivity contribution is 6.08. The molecule has 0 saturated heterocycles. The summed E-state index contributed by atoms with van der Waals surface area (Å²) in [6.07, 6.45) is 1.39. The minimum absolute atomic E-state index is 0.141. The van der Waals surface area contributed by atoms with Gasteiger partial charge in [-0.1, -0.05) is 29.8 Å². The Morgan fingerprint density at radius 2 is 1.96 bits per heavy atom. The van der Waals surface area contributed by atoms with Gasteiger partial charge in [-0.25, -0.2) is 0 Å². The summed E-state index contributed by atoms with van der Waals surface area (Å²) in [6.45, 7) is 4.37. The van der Waals surface area contributed by atoms with Crippen LogP contribution in [-0.4, -0.2) is 21.6 Å². The van der Waals surface area contributed by atoms with Crippen LogP contribution in [0, 0.1) is 13.8 Å². The van der Waals surface area contributed by atoms with Crippen LogP contribution in [0.1, 0.15) is 37.5 Å². The Labute approximate surface area is 163 Å². The van der Waals surface area contributed by atoms with E-state index in [0.717, 1.165) is 16.9 Å². The van der Waals surface area contributed by atoms with Gasteiger partial charge in [-0.3, -0.25) is 14.3 Å². The Hall–Kier alpha value is -3.61. The molecule has 0 fully saturated rings. The number of rotatable bonds is 6. The summed E-state index contributed by atoms with van der Waals surface area (Å²) in [5, 5.41) is 6.64. The molecule has 3 aromatic rings. The van der Waals surface area contributed by atoms with E-state index < -0.39 is 5.91 Å². The number of hydrogen-bond donors (Lipinski definition) is 2. The van der Waals surface area contributed by atoms with Gasteiger partial charge in [0.2, 0.25) is 0 Å². The number of anilines is 1. The van der Waals surface area contributed by atoms with Gasteiger partial charge in [0.1, 0.15) is 18.1 Å². The van der Waals surface area contributed by atoms with Gasteiger partial charge in [-0.15, -0.1) is 0 Å². The van der Waals surface area contributed by atoms with Crippen molar-refractivity contribution >= 4 is 17.5 Å². The number of benzene rings is 2. The highest BCUT2D eigenvalue weighted by atomic mass is 16.5. The third kappa shape index (κ3) is 4.20. The van der Waals surface area contributed by atoms with Crippen molar-refractivity contribution in [1.82, 2.24) is 9.78 Å². The summed E-state index contributed by atoms with van der Waals surface area (Å²) >= 11 is 0. The molecule has 0 spiro atoms. The first-order chi connectivity index (χ1) is 13.3. The van der Waals surface area contributed by atoms with E-state index in [0.29, 0.717) is 12.2 Å². The van der Waals surface area contributed by atoms with E-state index in [1.165, 1.54) is 16.4 Å². The predicted octanol–water partition coefficient (Wildman–Crippen LogP) is 2.97. The number of hydrogen-bond acceptors (Lipinski definition) is 4. The zero-order valence-corrected chi connectivity index (χ0v) is 16.0. The van der Waals surface area contributed by atoms with Crippen LogP contribution in [0.25, 0.3) is 0 Å². The van der Waals surface area contributed by atoms with E-state index in [4.69, 9.17) is 10.5 Å². The van der Waals surface area contributed by atoms with Crippen molar-refractivity contribution in [1.29, 1.82) is 0 Å². The average Bonchev–Trinajstić information content (AvgIpc) is 3.01. The minimum atomic E-state index is -0.661. The van der Waals surface area contributed by atoms with Crippen molar-refractivity contribution in [3.05, 3.63) is 76.6 Å². The molecule has 1 heterocycles. The second-order valence-corrected chi connectivity index (χ2v) is 6.61. The maximum absolute atomic E-state index is 12.6. The van der Waals surface area contributed by atoms with Gasteiger partial charge in [0.05, 0.1) is 11.9 Å². The number of nitrogens with two attached hydrogens (primary N) is 1. The molecule has 0 aliphatic carbocycles. The normalized spacial score (nSPS) is 10.5. The fraction of sp³-hybridized carbons (Fsp3) is 0.190. The lowest BCUT2D eigenvalue weighted by Gasteiger charge is -2.11.